The quantitative estimate of drug-likeness (QED) is 0.822. The molecule has 0 saturated carbocycles. The summed E-state index contributed by atoms with van der Waals surface area (Å²) in [6.07, 6.45) is 0.978. The minimum absolute atomic E-state index is 0.206. The fourth-order valence-corrected chi connectivity index (χ4v) is 1.83. The summed E-state index contributed by atoms with van der Waals surface area (Å²) in [7, 11) is 2.01. The lowest BCUT2D eigenvalue weighted by molar-refractivity contribution is 0.214. The molecule has 0 aliphatic rings. The van der Waals surface area contributed by atoms with Crippen LogP contribution < -0.4 is 0 Å². The lowest BCUT2D eigenvalue weighted by Gasteiger charge is -2.29. The van der Waals surface area contributed by atoms with Gasteiger partial charge in [0, 0.05) is 6.54 Å². The molecule has 0 N–H and O–H groups in total. The van der Waals surface area contributed by atoms with Crippen molar-refractivity contribution < 1.29 is 0 Å². The molecule has 2 nitrogen and oxygen atoms in total. The third-order valence-electron chi connectivity index (χ3n) is 3.78. The summed E-state index contributed by atoms with van der Waals surface area (Å²) in [5.41, 5.74) is 2.50. The van der Waals surface area contributed by atoms with E-state index in [9.17, 15) is 0 Å². The molecule has 0 aliphatic heterocycles. The van der Waals surface area contributed by atoms with Crippen molar-refractivity contribution in [3.8, 4) is 6.07 Å². The van der Waals surface area contributed by atoms with Gasteiger partial charge >= 0.3 is 0 Å². The van der Waals surface area contributed by atoms with Gasteiger partial charge in [0.1, 0.15) is 5.54 Å². The zero-order chi connectivity index (χ0) is 14.7. The van der Waals surface area contributed by atoms with Crippen LogP contribution in [0.15, 0.2) is 24.3 Å². The maximum Gasteiger partial charge on any atom is 0.103 e. The van der Waals surface area contributed by atoms with Crippen molar-refractivity contribution in [2.75, 3.05) is 13.6 Å². The van der Waals surface area contributed by atoms with E-state index in [2.05, 4.69) is 56.0 Å². The highest BCUT2D eigenvalue weighted by Gasteiger charge is 2.22. The first-order valence-electron chi connectivity index (χ1n) is 6.89. The monoisotopic (exact) mass is 258 g/mol. The van der Waals surface area contributed by atoms with Crippen molar-refractivity contribution in [1.29, 1.82) is 5.26 Å². The second-order valence-electron chi connectivity index (χ2n) is 6.79. The van der Waals surface area contributed by atoms with Gasteiger partial charge < -0.3 is 0 Å². The Balaban J connectivity index is 2.63. The number of nitrogens with zero attached hydrogens (tertiary/aromatic N) is 2. The summed E-state index contributed by atoms with van der Waals surface area (Å²) in [6.45, 7) is 11.5. The lowest BCUT2D eigenvalue weighted by atomic mass is 9.86. The molecule has 0 amide bonds. The molecule has 0 fully saturated rings. The van der Waals surface area contributed by atoms with Crippen molar-refractivity contribution in [2.45, 2.75) is 52.0 Å². The molecule has 0 bridgehead atoms. The Hall–Kier alpha value is -1.33. The molecule has 1 aromatic rings. The zero-order valence-corrected chi connectivity index (χ0v) is 13.1. The molecule has 0 saturated heterocycles. The maximum atomic E-state index is 9.10. The minimum Gasteiger partial charge on any atom is -0.289 e. The van der Waals surface area contributed by atoms with E-state index in [0.717, 1.165) is 13.0 Å². The number of nitriles is 1. The van der Waals surface area contributed by atoms with E-state index in [1.54, 1.807) is 0 Å². The second kappa shape index (κ2) is 5.75. The van der Waals surface area contributed by atoms with Gasteiger partial charge in [0.15, 0.2) is 0 Å². The van der Waals surface area contributed by atoms with E-state index in [1.807, 2.05) is 20.9 Å². The average Bonchev–Trinajstić information content (AvgIpc) is 2.35. The molecule has 0 radical (unpaired) electrons. The van der Waals surface area contributed by atoms with Crippen LogP contribution in [0.25, 0.3) is 0 Å². The molecule has 0 aromatic heterocycles. The predicted octanol–water partition coefficient (Wildman–Crippen LogP) is 3.76. The normalized spacial score (nSPS) is 12.5. The molecule has 0 spiro atoms. The minimum atomic E-state index is -0.397. The smallest absolute Gasteiger partial charge is 0.103 e. The average molecular weight is 258 g/mol. The van der Waals surface area contributed by atoms with Crippen LogP contribution in [0.4, 0.5) is 0 Å². The molecule has 0 unspecified atom stereocenters. The fraction of sp³-hybridized carbons (Fsp3) is 0.588. The van der Waals surface area contributed by atoms with Crippen LogP contribution in [-0.2, 0) is 11.8 Å². The number of rotatable bonds is 4. The Kier molecular flexibility index (Phi) is 4.76. The van der Waals surface area contributed by atoms with Crippen molar-refractivity contribution in [3.05, 3.63) is 35.4 Å². The van der Waals surface area contributed by atoms with Gasteiger partial charge in [-0.15, -0.1) is 0 Å². The summed E-state index contributed by atoms with van der Waals surface area (Å²) in [4.78, 5) is 2.10. The summed E-state index contributed by atoms with van der Waals surface area (Å²) < 4.78 is 0. The Labute approximate surface area is 118 Å². The van der Waals surface area contributed by atoms with Gasteiger partial charge in [0.25, 0.3) is 0 Å². The van der Waals surface area contributed by atoms with E-state index >= 15 is 0 Å². The Bertz CT molecular complexity index is 444. The molecule has 0 aliphatic carbocycles. The van der Waals surface area contributed by atoms with E-state index in [0.29, 0.717) is 0 Å². The number of benzene rings is 1. The summed E-state index contributed by atoms with van der Waals surface area (Å²) >= 11 is 0. The second-order valence-corrected chi connectivity index (χ2v) is 6.79. The predicted molar refractivity (Wildman–Crippen MR) is 81.2 cm³/mol. The van der Waals surface area contributed by atoms with Gasteiger partial charge in [-0.05, 0) is 43.9 Å². The highest BCUT2D eigenvalue weighted by atomic mass is 15.2. The number of hydrogen-bond donors (Lipinski definition) is 0. The highest BCUT2D eigenvalue weighted by Crippen LogP contribution is 2.22. The standard InChI is InChI=1S/C17H26N2/c1-16(2,3)15-9-7-14(8-10-15)11-12-19(6)17(4,5)13-18/h7-10H,11-12H2,1-6H3. The number of likely N-dealkylation sites (N-methyl/N-ethyl adjacent to an activating group) is 1. The molecule has 1 rings (SSSR count). The van der Waals surface area contributed by atoms with Crippen molar-refractivity contribution in [3.63, 3.8) is 0 Å². The SMILES string of the molecule is CN(CCc1ccc(C(C)(C)C)cc1)C(C)(C)C#N. The lowest BCUT2D eigenvalue weighted by Crippen LogP contribution is -2.40. The van der Waals surface area contributed by atoms with Crippen molar-refractivity contribution in [1.82, 2.24) is 4.90 Å². The first-order valence-corrected chi connectivity index (χ1v) is 6.89. The van der Waals surface area contributed by atoms with E-state index < -0.39 is 5.54 Å². The van der Waals surface area contributed by atoms with Gasteiger partial charge in [-0.3, -0.25) is 4.90 Å². The van der Waals surface area contributed by atoms with E-state index in [-0.39, 0.29) is 5.41 Å². The van der Waals surface area contributed by atoms with Gasteiger partial charge in [-0.25, -0.2) is 0 Å². The van der Waals surface area contributed by atoms with Crippen LogP contribution in [0.5, 0.6) is 0 Å². The van der Waals surface area contributed by atoms with Gasteiger partial charge in [-0.1, -0.05) is 45.0 Å². The third kappa shape index (κ3) is 4.36. The third-order valence-corrected chi connectivity index (χ3v) is 3.78. The number of hydrogen-bond acceptors (Lipinski definition) is 2. The van der Waals surface area contributed by atoms with Crippen molar-refractivity contribution >= 4 is 0 Å². The van der Waals surface area contributed by atoms with Crippen molar-refractivity contribution in [2.24, 2.45) is 0 Å². The van der Waals surface area contributed by atoms with E-state index in [1.165, 1.54) is 11.1 Å². The van der Waals surface area contributed by atoms with Gasteiger partial charge in [0.2, 0.25) is 0 Å². The van der Waals surface area contributed by atoms with E-state index in [4.69, 9.17) is 5.26 Å². The molecule has 104 valence electrons. The Morgan fingerprint density at radius 3 is 2.00 bits per heavy atom. The van der Waals surface area contributed by atoms with Gasteiger partial charge in [0.05, 0.1) is 6.07 Å². The summed E-state index contributed by atoms with van der Waals surface area (Å²) in [6, 6.07) is 11.2. The Morgan fingerprint density at radius 1 is 1.05 bits per heavy atom. The topological polar surface area (TPSA) is 27.0 Å². The molecular formula is C17H26N2. The fourth-order valence-electron chi connectivity index (χ4n) is 1.83. The molecule has 19 heavy (non-hydrogen) atoms. The van der Waals surface area contributed by atoms with Crippen LogP contribution in [-0.4, -0.2) is 24.0 Å². The largest absolute Gasteiger partial charge is 0.289 e. The van der Waals surface area contributed by atoms with Crippen LogP contribution in [0.2, 0.25) is 0 Å². The molecule has 0 atom stereocenters. The first-order chi connectivity index (χ1) is 8.66. The summed E-state index contributed by atoms with van der Waals surface area (Å²) in [5, 5.41) is 9.10. The zero-order valence-electron chi connectivity index (χ0n) is 13.1. The first kappa shape index (κ1) is 15.7. The Morgan fingerprint density at radius 2 is 1.58 bits per heavy atom. The molecule has 0 heterocycles. The summed E-state index contributed by atoms with van der Waals surface area (Å²) in [5.74, 6) is 0. The van der Waals surface area contributed by atoms with Crippen LogP contribution in [0, 0.1) is 11.3 Å². The van der Waals surface area contributed by atoms with Crippen LogP contribution in [0.3, 0.4) is 0 Å². The van der Waals surface area contributed by atoms with Crippen LogP contribution in [0.1, 0.15) is 45.7 Å². The van der Waals surface area contributed by atoms with Crippen LogP contribution >= 0.6 is 0 Å². The molecule has 2 heteroatoms. The molecule has 1 aromatic carbocycles. The molecular weight excluding hydrogens is 232 g/mol. The van der Waals surface area contributed by atoms with Gasteiger partial charge in [-0.2, -0.15) is 5.26 Å². The maximum absolute atomic E-state index is 9.10. The highest BCUT2D eigenvalue weighted by molar-refractivity contribution is 5.27.